The van der Waals surface area contributed by atoms with E-state index >= 15 is 0 Å². The topological polar surface area (TPSA) is 90.5 Å². The molecule has 0 N–H and O–H groups in total. The second kappa shape index (κ2) is 8.62. The van der Waals surface area contributed by atoms with Crippen LogP contribution in [0.2, 0.25) is 0 Å². The van der Waals surface area contributed by atoms with Gasteiger partial charge in [0, 0.05) is 30.6 Å². The van der Waals surface area contributed by atoms with E-state index in [0.29, 0.717) is 10.7 Å². The number of halogens is 4. The fourth-order valence-electron chi connectivity index (χ4n) is 2.59. The van der Waals surface area contributed by atoms with Crippen LogP contribution in [0, 0.1) is 17.0 Å². The van der Waals surface area contributed by atoms with Gasteiger partial charge < -0.3 is 4.74 Å². The highest BCUT2D eigenvalue weighted by Crippen LogP contribution is 2.40. The van der Waals surface area contributed by atoms with E-state index in [0.717, 1.165) is 22.9 Å². The number of anilines is 2. The first-order valence-corrected chi connectivity index (χ1v) is 8.49. The van der Waals surface area contributed by atoms with Gasteiger partial charge in [-0.3, -0.25) is 19.5 Å². The van der Waals surface area contributed by atoms with Gasteiger partial charge in [0.05, 0.1) is 22.8 Å². The number of aromatic nitrogens is 2. The van der Waals surface area contributed by atoms with Crippen LogP contribution in [0.25, 0.3) is 6.20 Å². The minimum absolute atomic E-state index is 0.0572. The number of ether oxygens (including phenoxy) is 1. The van der Waals surface area contributed by atoms with E-state index in [-0.39, 0.29) is 35.7 Å². The van der Waals surface area contributed by atoms with Crippen molar-refractivity contribution in [2.75, 3.05) is 11.0 Å². The molecule has 29 heavy (non-hydrogen) atoms. The van der Waals surface area contributed by atoms with E-state index in [1.165, 1.54) is 6.92 Å². The Morgan fingerprint density at radius 1 is 1.45 bits per heavy atom. The molecule has 0 aliphatic carbocycles. The SMILES string of the molecule is C=Cn1cnc(C(F)(F)F)c(N(Cl)c2ccc([N+](=O)[O-])c(COCC)c2C)c1=O. The van der Waals surface area contributed by atoms with Gasteiger partial charge in [-0.25, -0.2) is 9.40 Å². The van der Waals surface area contributed by atoms with Crippen LogP contribution in [0.3, 0.4) is 0 Å². The summed E-state index contributed by atoms with van der Waals surface area (Å²) in [7, 11) is 0. The summed E-state index contributed by atoms with van der Waals surface area (Å²) < 4.78 is 46.7. The number of hydrogen-bond donors (Lipinski definition) is 0. The van der Waals surface area contributed by atoms with E-state index in [1.807, 2.05) is 0 Å². The predicted molar refractivity (Wildman–Crippen MR) is 101 cm³/mol. The van der Waals surface area contributed by atoms with Gasteiger partial charge in [0.15, 0.2) is 11.4 Å². The summed E-state index contributed by atoms with van der Waals surface area (Å²) in [6, 6.07) is 2.24. The van der Waals surface area contributed by atoms with Crippen molar-refractivity contribution in [3.63, 3.8) is 0 Å². The van der Waals surface area contributed by atoms with Crippen molar-refractivity contribution in [3.05, 3.63) is 62.3 Å². The Hall–Kier alpha value is -2.92. The van der Waals surface area contributed by atoms with Crippen molar-refractivity contribution in [3.8, 4) is 0 Å². The normalized spacial score (nSPS) is 11.4. The Morgan fingerprint density at radius 2 is 2.10 bits per heavy atom. The van der Waals surface area contributed by atoms with E-state index in [9.17, 15) is 28.1 Å². The molecule has 0 radical (unpaired) electrons. The number of alkyl halides is 3. The Balaban J connectivity index is 2.75. The fraction of sp³-hybridized carbons (Fsp3) is 0.294. The van der Waals surface area contributed by atoms with Gasteiger partial charge in [-0.2, -0.15) is 13.2 Å². The Kier molecular flexibility index (Phi) is 6.65. The van der Waals surface area contributed by atoms with Gasteiger partial charge in [-0.05, 0) is 25.5 Å². The molecule has 0 aliphatic heterocycles. The lowest BCUT2D eigenvalue weighted by atomic mass is 10.0. The molecule has 0 saturated heterocycles. The maximum atomic E-state index is 13.4. The van der Waals surface area contributed by atoms with E-state index in [1.54, 1.807) is 6.92 Å². The summed E-state index contributed by atoms with van der Waals surface area (Å²) in [5.41, 5.74) is -3.60. The molecule has 0 fully saturated rings. The van der Waals surface area contributed by atoms with Crippen LogP contribution < -0.4 is 9.98 Å². The highest BCUT2D eigenvalue weighted by atomic mass is 35.5. The molecule has 2 rings (SSSR count). The number of nitro groups is 1. The number of nitro benzene ring substituents is 1. The number of rotatable bonds is 7. The summed E-state index contributed by atoms with van der Waals surface area (Å²) in [6.07, 6.45) is -3.31. The second-order valence-electron chi connectivity index (χ2n) is 5.72. The van der Waals surface area contributed by atoms with Crippen LogP contribution in [0.1, 0.15) is 23.7 Å². The summed E-state index contributed by atoms with van der Waals surface area (Å²) in [5, 5.41) is 11.3. The minimum Gasteiger partial charge on any atom is -0.377 e. The molecule has 0 spiro atoms. The van der Waals surface area contributed by atoms with Crippen molar-refractivity contribution in [1.29, 1.82) is 0 Å². The largest absolute Gasteiger partial charge is 0.435 e. The van der Waals surface area contributed by atoms with Gasteiger partial charge in [-0.15, -0.1) is 0 Å². The van der Waals surface area contributed by atoms with Crippen LogP contribution in [-0.4, -0.2) is 21.1 Å². The van der Waals surface area contributed by atoms with E-state index in [4.69, 9.17) is 16.5 Å². The summed E-state index contributed by atoms with van der Waals surface area (Å²) in [5.74, 6) is 0. The number of benzene rings is 1. The Morgan fingerprint density at radius 3 is 2.62 bits per heavy atom. The molecular weight excluding hydrogens is 417 g/mol. The molecule has 0 atom stereocenters. The van der Waals surface area contributed by atoms with Gasteiger partial charge in [0.25, 0.3) is 11.2 Å². The standard InChI is InChI=1S/C17H16ClF3N4O4/c1-4-23-9-22-15(17(19,20)21)14(16(23)26)24(18)12-6-7-13(25(27)28)11(10(12)3)8-29-5-2/h4,6-7,9H,1,5,8H2,2-3H3. The molecule has 0 amide bonds. The molecule has 1 aromatic heterocycles. The van der Waals surface area contributed by atoms with Gasteiger partial charge in [0.1, 0.15) is 6.33 Å². The zero-order chi connectivity index (χ0) is 21.9. The second-order valence-corrected chi connectivity index (χ2v) is 6.06. The quantitative estimate of drug-likeness (QED) is 0.366. The smallest absolute Gasteiger partial charge is 0.377 e. The predicted octanol–water partition coefficient (Wildman–Crippen LogP) is 4.41. The van der Waals surface area contributed by atoms with Crippen molar-refractivity contribution >= 4 is 35.0 Å². The molecule has 0 unspecified atom stereocenters. The molecule has 0 bridgehead atoms. The summed E-state index contributed by atoms with van der Waals surface area (Å²) >= 11 is 6.16. The fourth-order valence-corrected chi connectivity index (χ4v) is 2.93. The van der Waals surface area contributed by atoms with E-state index < -0.39 is 28.0 Å². The highest BCUT2D eigenvalue weighted by molar-refractivity contribution is 6.29. The summed E-state index contributed by atoms with van der Waals surface area (Å²) in [4.78, 5) is 26.5. The zero-order valence-electron chi connectivity index (χ0n) is 15.4. The molecule has 1 heterocycles. The lowest BCUT2D eigenvalue weighted by Gasteiger charge is -2.22. The Labute approximate surface area is 168 Å². The third-order valence-electron chi connectivity index (χ3n) is 4.04. The zero-order valence-corrected chi connectivity index (χ0v) is 16.1. The van der Waals surface area contributed by atoms with Crippen LogP contribution in [0.4, 0.5) is 30.2 Å². The van der Waals surface area contributed by atoms with Crippen molar-refractivity contribution in [2.24, 2.45) is 0 Å². The maximum absolute atomic E-state index is 13.4. The molecule has 156 valence electrons. The maximum Gasteiger partial charge on any atom is 0.435 e. The first kappa shape index (κ1) is 22.4. The Bertz CT molecular complexity index is 1010. The average molecular weight is 433 g/mol. The third-order valence-corrected chi connectivity index (χ3v) is 4.39. The van der Waals surface area contributed by atoms with Crippen molar-refractivity contribution in [2.45, 2.75) is 26.6 Å². The van der Waals surface area contributed by atoms with Crippen molar-refractivity contribution in [1.82, 2.24) is 9.55 Å². The third kappa shape index (κ3) is 4.40. The number of hydrogen-bond acceptors (Lipinski definition) is 6. The summed E-state index contributed by atoms with van der Waals surface area (Å²) in [6.45, 7) is 6.56. The molecule has 1 aromatic carbocycles. The van der Waals surface area contributed by atoms with Crippen LogP contribution in [0.5, 0.6) is 0 Å². The minimum atomic E-state index is -4.97. The van der Waals surface area contributed by atoms with Crippen molar-refractivity contribution < 1.29 is 22.8 Å². The first-order chi connectivity index (χ1) is 13.5. The molecule has 12 heteroatoms. The molecule has 2 aromatic rings. The van der Waals surface area contributed by atoms with Crippen LogP contribution >= 0.6 is 11.8 Å². The average Bonchev–Trinajstić information content (AvgIpc) is 2.65. The first-order valence-electron chi connectivity index (χ1n) is 8.15. The van der Waals surface area contributed by atoms with Gasteiger partial charge in [0.2, 0.25) is 0 Å². The highest BCUT2D eigenvalue weighted by Gasteiger charge is 2.39. The lowest BCUT2D eigenvalue weighted by molar-refractivity contribution is -0.386. The molecular formula is C17H16ClF3N4O4. The molecule has 8 nitrogen and oxygen atoms in total. The lowest BCUT2D eigenvalue weighted by Crippen LogP contribution is -2.28. The molecule has 0 saturated carbocycles. The number of nitrogens with zero attached hydrogens (tertiary/aromatic N) is 4. The van der Waals surface area contributed by atoms with Crippen LogP contribution in [0.15, 0.2) is 29.8 Å². The monoisotopic (exact) mass is 432 g/mol. The van der Waals surface area contributed by atoms with Crippen LogP contribution in [-0.2, 0) is 17.5 Å². The molecule has 0 aliphatic rings. The van der Waals surface area contributed by atoms with E-state index in [2.05, 4.69) is 11.6 Å². The van der Waals surface area contributed by atoms with Gasteiger partial charge >= 0.3 is 6.18 Å². The van der Waals surface area contributed by atoms with Gasteiger partial charge in [-0.1, -0.05) is 6.58 Å².